The van der Waals surface area contributed by atoms with Gasteiger partial charge in [-0.1, -0.05) is 17.7 Å². The standard InChI is InChI=1S/C23H27N7O2/c1-14-6-8-19(15(2)11-14)30-27-16(3)21(28-30)23(32)26-18-7-9-20(25-12-18)29-10-4-5-17(13-29)22(24)31/h6-9,11-12,17H,4-5,10,13H2,1-3H3,(H2,24,31)(H,26,32). The van der Waals surface area contributed by atoms with E-state index < -0.39 is 0 Å². The lowest BCUT2D eigenvalue weighted by molar-refractivity contribution is -0.122. The first-order chi connectivity index (χ1) is 15.3. The van der Waals surface area contributed by atoms with Crippen LogP contribution < -0.4 is 16.0 Å². The molecule has 1 aromatic carbocycles. The molecule has 3 heterocycles. The second-order valence-corrected chi connectivity index (χ2v) is 8.26. The molecule has 9 heteroatoms. The van der Waals surface area contributed by atoms with E-state index in [1.165, 1.54) is 4.80 Å². The van der Waals surface area contributed by atoms with Gasteiger partial charge in [0, 0.05) is 13.1 Å². The van der Waals surface area contributed by atoms with Crippen molar-refractivity contribution in [2.75, 3.05) is 23.3 Å². The van der Waals surface area contributed by atoms with Crippen LogP contribution in [0, 0.1) is 26.7 Å². The quantitative estimate of drug-likeness (QED) is 0.638. The first-order valence-corrected chi connectivity index (χ1v) is 10.6. The average Bonchev–Trinajstić information content (AvgIpc) is 3.15. The number of amides is 2. The Labute approximate surface area is 186 Å². The van der Waals surface area contributed by atoms with Crippen molar-refractivity contribution in [2.45, 2.75) is 33.6 Å². The lowest BCUT2D eigenvalue weighted by Gasteiger charge is -2.32. The summed E-state index contributed by atoms with van der Waals surface area (Å²) in [6.07, 6.45) is 3.30. The van der Waals surface area contributed by atoms with Crippen LogP contribution in [0.1, 0.15) is 40.2 Å². The van der Waals surface area contributed by atoms with Gasteiger partial charge in [-0.25, -0.2) is 4.98 Å². The number of nitrogens with one attached hydrogen (secondary N) is 1. The number of nitrogens with zero attached hydrogens (tertiary/aromatic N) is 5. The van der Waals surface area contributed by atoms with Crippen molar-refractivity contribution in [3.05, 3.63) is 59.0 Å². The number of aryl methyl sites for hydroxylation is 3. The minimum atomic E-state index is -0.347. The Bertz CT molecular complexity index is 1150. The number of primary amides is 1. The molecule has 0 saturated carbocycles. The highest BCUT2D eigenvalue weighted by Gasteiger charge is 2.25. The Morgan fingerprint density at radius 2 is 1.94 bits per heavy atom. The number of anilines is 2. The topological polar surface area (TPSA) is 119 Å². The molecule has 1 aliphatic rings. The van der Waals surface area contributed by atoms with E-state index in [1.54, 1.807) is 19.2 Å². The fourth-order valence-electron chi connectivity index (χ4n) is 3.98. The summed E-state index contributed by atoms with van der Waals surface area (Å²) >= 11 is 0. The van der Waals surface area contributed by atoms with E-state index in [4.69, 9.17) is 5.73 Å². The van der Waals surface area contributed by atoms with Crippen molar-refractivity contribution < 1.29 is 9.59 Å². The summed E-state index contributed by atoms with van der Waals surface area (Å²) < 4.78 is 0. The van der Waals surface area contributed by atoms with E-state index in [2.05, 4.69) is 26.6 Å². The highest BCUT2D eigenvalue weighted by atomic mass is 16.2. The molecule has 32 heavy (non-hydrogen) atoms. The average molecular weight is 434 g/mol. The second kappa shape index (κ2) is 8.78. The third-order valence-electron chi connectivity index (χ3n) is 5.72. The summed E-state index contributed by atoms with van der Waals surface area (Å²) in [5.74, 6) is -0.0266. The second-order valence-electron chi connectivity index (χ2n) is 8.26. The Morgan fingerprint density at radius 1 is 1.12 bits per heavy atom. The number of benzene rings is 1. The van der Waals surface area contributed by atoms with Gasteiger partial charge in [0.1, 0.15) is 5.82 Å². The van der Waals surface area contributed by atoms with Crippen molar-refractivity contribution in [3.8, 4) is 5.69 Å². The third-order valence-corrected chi connectivity index (χ3v) is 5.72. The maximum atomic E-state index is 12.8. The van der Waals surface area contributed by atoms with Crippen molar-refractivity contribution >= 4 is 23.3 Å². The summed E-state index contributed by atoms with van der Waals surface area (Å²) in [5, 5.41) is 11.7. The summed E-state index contributed by atoms with van der Waals surface area (Å²) in [6, 6.07) is 9.60. The van der Waals surface area contributed by atoms with Gasteiger partial charge in [0.25, 0.3) is 5.91 Å². The number of carbonyl (C=O) groups excluding carboxylic acids is 2. The van der Waals surface area contributed by atoms with E-state index in [-0.39, 0.29) is 23.4 Å². The van der Waals surface area contributed by atoms with Crippen LogP contribution in [0.5, 0.6) is 0 Å². The Kier molecular flexibility index (Phi) is 5.89. The Balaban J connectivity index is 1.46. The van der Waals surface area contributed by atoms with Crippen LogP contribution in [0.3, 0.4) is 0 Å². The lowest BCUT2D eigenvalue weighted by Crippen LogP contribution is -2.41. The van der Waals surface area contributed by atoms with Crippen molar-refractivity contribution in [1.29, 1.82) is 0 Å². The third kappa shape index (κ3) is 4.46. The highest BCUT2D eigenvalue weighted by molar-refractivity contribution is 6.03. The molecule has 0 spiro atoms. The number of hydrogen-bond donors (Lipinski definition) is 2. The van der Waals surface area contributed by atoms with E-state index in [1.807, 2.05) is 36.9 Å². The number of pyridine rings is 1. The van der Waals surface area contributed by atoms with Crippen LogP contribution in [0.25, 0.3) is 5.69 Å². The molecule has 0 bridgehead atoms. The first-order valence-electron chi connectivity index (χ1n) is 10.6. The van der Waals surface area contributed by atoms with Gasteiger partial charge in [-0.05, 0) is 57.4 Å². The molecule has 1 unspecified atom stereocenters. The monoisotopic (exact) mass is 433 g/mol. The van der Waals surface area contributed by atoms with Crippen LogP contribution >= 0.6 is 0 Å². The van der Waals surface area contributed by atoms with Gasteiger partial charge in [0.15, 0.2) is 5.69 Å². The molecule has 0 radical (unpaired) electrons. The number of aromatic nitrogens is 4. The molecule has 1 fully saturated rings. The van der Waals surface area contributed by atoms with Crippen LogP contribution in [0.4, 0.5) is 11.5 Å². The van der Waals surface area contributed by atoms with Gasteiger partial charge < -0.3 is 16.0 Å². The number of hydrogen-bond acceptors (Lipinski definition) is 6. The summed E-state index contributed by atoms with van der Waals surface area (Å²) in [6.45, 7) is 7.16. The number of piperidine rings is 1. The zero-order valence-corrected chi connectivity index (χ0v) is 18.5. The largest absolute Gasteiger partial charge is 0.369 e. The van der Waals surface area contributed by atoms with E-state index in [0.29, 0.717) is 17.9 Å². The molecule has 2 aromatic heterocycles. The van der Waals surface area contributed by atoms with E-state index in [9.17, 15) is 9.59 Å². The predicted octanol–water partition coefficient (Wildman–Crippen LogP) is 2.54. The number of nitrogens with two attached hydrogens (primary N) is 1. The molecular weight excluding hydrogens is 406 g/mol. The fourth-order valence-corrected chi connectivity index (χ4v) is 3.98. The first kappa shape index (κ1) is 21.5. The molecule has 3 N–H and O–H groups in total. The van der Waals surface area contributed by atoms with Gasteiger partial charge >= 0.3 is 0 Å². The maximum absolute atomic E-state index is 12.8. The highest BCUT2D eigenvalue weighted by Crippen LogP contribution is 2.23. The van der Waals surface area contributed by atoms with Crippen LogP contribution in [0.2, 0.25) is 0 Å². The van der Waals surface area contributed by atoms with E-state index in [0.717, 1.165) is 42.0 Å². The molecule has 166 valence electrons. The molecule has 3 aromatic rings. The summed E-state index contributed by atoms with van der Waals surface area (Å²) in [7, 11) is 0. The number of carbonyl (C=O) groups is 2. The molecule has 0 aliphatic carbocycles. The maximum Gasteiger partial charge on any atom is 0.278 e. The summed E-state index contributed by atoms with van der Waals surface area (Å²) in [5.41, 5.74) is 9.83. The Hall–Kier alpha value is -3.75. The predicted molar refractivity (Wildman–Crippen MR) is 122 cm³/mol. The van der Waals surface area contributed by atoms with Gasteiger partial charge in [0.2, 0.25) is 5.91 Å². The van der Waals surface area contributed by atoms with Crippen LogP contribution in [-0.4, -0.2) is 44.9 Å². The van der Waals surface area contributed by atoms with Crippen molar-refractivity contribution in [1.82, 2.24) is 20.0 Å². The SMILES string of the molecule is Cc1ccc(-n2nc(C)c(C(=O)Nc3ccc(N4CCCC(C(N)=O)C4)nc3)n2)c(C)c1. The van der Waals surface area contributed by atoms with Gasteiger partial charge in [0.05, 0.1) is 29.2 Å². The molecule has 9 nitrogen and oxygen atoms in total. The smallest absolute Gasteiger partial charge is 0.278 e. The minimum Gasteiger partial charge on any atom is -0.369 e. The fraction of sp³-hybridized carbons (Fsp3) is 0.348. The molecule has 1 aliphatic heterocycles. The zero-order valence-electron chi connectivity index (χ0n) is 18.5. The van der Waals surface area contributed by atoms with Crippen molar-refractivity contribution in [2.24, 2.45) is 11.7 Å². The van der Waals surface area contributed by atoms with Crippen molar-refractivity contribution in [3.63, 3.8) is 0 Å². The minimum absolute atomic E-state index is 0.160. The van der Waals surface area contributed by atoms with Crippen LogP contribution in [0.15, 0.2) is 36.5 Å². The molecular formula is C23H27N7O2. The molecule has 1 saturated heterocycles. The van der Waals surface area contributed by atoms with Gasteiger partial charge in [-0.3, -0.25) is 9.59 Å². The lowest BCUT2D eigenvalue weighted by atomic mass is 9.97. The molecule has 1 atom stereocenters. The van der Waals surface area contributed by atoms with Crippen LogP contribution in [-0.2, 0) is 4.79 Å². The number of rotatable bonds is 5. The zero-order chi connectivity index (χ0) is 22.8. The molecule has 2 amide bonds. The van der Waals surface area contributed by atoms with Gasteiger partial charge in [-0.15, -0.1) is 5.10 Å². The normalized spacial score (nSPS) is 16.1. The molecule has 4 rings (SSSR count). The van der Waals surface area contributed by atoms with Gasteiger partial charge in [-0.2, -0.15) is 9.90 Å². The van der Waals surface area contributed by atoms with E-state index >= 15 is 0 Å². The summed E-state index contributed by atoms with van der Waals surface area (Å²) in [4.78, 5) is 32.3. The Morgan fingerprint density at radius 3 is 2.62 bits per heavy atom.